The monoisotopic (exact) mass is 305 g/mol. The molecule has 1 aromatic heterocycles. The molecule has 0 spiro atoms. The van der Waals surface area contributed by atoms with Gasteiger partial charge in [-0.1, -0.05) is 5.16 Å². The maximum Gasteiger partial charge on any atom is 0.242 e. The van der Waals surface area contributed by atoms with Crippen LogP contribution in [-0.2, 0) is 9.59 Å². The SMILES string of the molecule is Cc1cc([C@H]2CCCCN2C(=O)CN2CCCCC2=O)no1. The van der Waals surface area contributed by atoms with Crippen LogP contribution in [0.15, 0.2) is 10.6 Å². The van der Waals surface area contributed by atoms with E-state index in [4.69, 9.17) is 4.52 Å². The number of amides is 2. The molecule has 3 heterocycles. The lowest BCUT2D eigenvalue weighted by Gasteiger charge is -2.36. The molecule has 2 fully saturated rings. The van der Waals surface area contributed by atoms with Crippen molar-refractivity contribution in [2.75, 3.05) is 19.6 Å². The van der Waals surface area contributed by atoms with Gasteiger partial charge >= 0.3 is 0 Å². The predicted molar refractivity (Wildman–Crippen MR) is 80.0 cm³/mol. The molecule has 6 nitrogen and oxygen atoms in total. The third kappa shape index (κ3) is 3.15. The number of carbonyl (C=O) groups is 2. The first-order valence-electron chi connectivity index (χ1n) is 8.15. The van der Waals surface area contributed by atoms with Crippen LogP contribution in [0.5, 0.6) is 0 Å². The molecular formula is C16H23N3O3. The van der Waals surface area contributed by atoms with Crippen molar-refractivity contribution in [1.82, 2.24) is 15.0 Å². The molecule has 0 saturated carbocycles. The van der Waals surface area contributed by atoms with Crippen LogP contribution in [-0.4, -0.2) is 46.4 Å². The van der Waals surface area contributed by atoms with Gasteiger partial charge in [0.15, 0.2) is 0 Å². The van der Waals surface area contributed by atoms with Crippen molar-refractivity contribution in [1.29, 1.82) is 0 Å². The maximum absolute atomic E-state index is 12.7. The van der Waals surface area contributed by atoms with Crippen molar-refractivity contribution < 1.29 is 14.1 Å². The number of aryl methyl sites for hydroxylation is 1. The molecule has 0 unspecified atom stereocenters. The lowest BCUT2D eigenvalue weighted by Crippen LogP contribution is -2.47. The minimum absolute atomic E-state index is 0.0152. The van der Waals surface area contributed by atoms with Crippen molar-refractivity contribution in [3.05, 3.63) is 17.5 Å². The standard InChI is InChI=1S/C16H23N3O3/c1-12-10-13(17-22-12)14-6-2-5-9-19(14)16(21)11-18-8-4-3-7-15(18)20/h10,14H,2-9,11H2,1H3/t14-/m1/s1. The quantitative estimate of drug-likeness (QED) is 0.857. The highest BCUT2D eigenvalue weighted by Gasteiger charge is 2.32. The van der Waals surface area contributed by atoms with E-state index in [2.05, 4.69) is 5.16 Å². The molecule has 6 heteroatoms. The average molecular weight is 305 g/mol. The third-order valence-electron chi connectivity index (χ3n) is 4.56. The molecule has 2 aliphatic rings. The number of carbonyl (C=O) groups excluding carboxylic acids is 2. The summed E-state index contributed by atoms with van der Waals surface area (Å²) in [4.78, 5) is 28.1. The van der Waals surface area contributed by atoms with Gasteiger partial charge in [-0.3, -0.25) is 9.59 Å². The van der Waals surface area contributed by atoms with Crippen LogP contribution in [0, 0.1) is 6.92 Å². The summed E-state index contributed by atoms with van der Waals surface area (Å²) in [6.07, 6.45) is 5.50. The van der Waals surface area contributed by atoms with Gasteiger partial charge in [0.2, 0.25) is 11.8 Å². The Labute approximate surface area is 130 Å². The van der Waals surface area contributed by atoms with E-state index in [1.54, 1.807) is 4.90 Å². The van der Waals surface area contributed by atoms with Crippen molar-refractivity contribution >= 4 is 11.8 Å². The van der Waals surface area contributed by atoms with E-state index in [-0.39, 0.29) is 24.4 Å². The molecule has 22 heavy (non-hydrogen) atoms. The second-order valence-corrected chi connectivity index (χ2v) is 6.23. The predicted octanol–water partition coefficient (Wildman–Crippen LogP) is 2.05. The topological polar surface area (TPSA) is 66.7 Å². The summed E-state index contributed by atoms with van der Waals surface area (Å²) in [6.45, 7) is 3.49. The molecule has 1 aromatic rings. The van der Waals surface area contributed by atoms with Crippen LogP contribution in [0.25, 0.3) is 0 Å². The lowest BCUT2D eigenvalue weighted by atomic mass is 9.99. The molecular weight excluding hydrogens is 282 g/mol. The number of nitrogens with zero attached hydrogens (tertiary/aromatic N) is 3. The van der Waals surface area contributed by atoms with Gasteiger partial charge in [0.25, 0.3) is 0 Å². The Morgan fingerprint density at radius 1 is 1.32 bits per heavy atom. The van der Waals surface area contributed by atoms with Gasteiger partial charge in [-0.25, -0.2) is 0 Å². The Morgan fingerprint density at radius 3 is 2.86 bits per heavy atom. The zero-order valence-corrected chi connectivity index (χ0v) is 13.1. The minimum Gasteiger partial charge on any atom is -0.361 e. The van der Waals surface area contributed by atoms with Gasteiger partial charge in [-0.15, -0.1) is 0 Å². The summed E-state index contributed by atoms with van der Waals surface area (Å²) >= 11 is 0. The van der Waals surface area contributed by atoms with Crippen molar-refractivity contribution in [3.8, 4) is 0 Å². The highest BCUT2D eigenvalue weighted by atomic mass is 16.5. The molecule has 0 bridgehead atoms. The summed E-state index contributed by atoms with van der Waals surface area (Å²) < 4.78 is 5.16. The minimum atomic E-state index is -0.0152. The summed E-state index contributed by atoms with van der Waals surface area (Å²) in [5.41, 5.74) is 0.829. The first-order valence-corrected chi connectivity index (χ1v) is 8.15. The van der Waals surface area contributed by atoms with Gasteiger partial charge in [0.05, 0.1) is 12.6 Å². The highest BCUT2D eigenvalue weighted by molar-refractivity contribution is 5.85. The third-order valence-corrected chi connectivity index (χ3v) is 4.56. The fraction of sp³-hybridized carbons (Fsp3) is 0.688. The number of hydrogen-bond donors (Lipinski definition) is 0. The summed E-state index contributed by atoms with van der Waals surface area (Å²) in [5, 5.41) is 4.08. The van der Waals surface area contributed by atoms with Crippen LogP contribution in [0.3, 0.4) is 0 Å². The Hall–Kier alpha value is -1.85. The van der Waals surface area contributed by atoms with Crippen LogP contribution < -0.4 is 0 Å². The number of piperidine rings is 2. The van der Waals surface area contributed by atoms with E-state index in [9.17, 15) is 9.59 Å². The van der Waals surface area contributed by atoms with Crippen molar-refractivity contribution in [2.24, 2.45) is 0 Å². The van der Waals surface area contributed by atoms with Gasteiger partial charge in [0, 0.05) is 25.6 Å². The van der Waals surface area contributed by atoms with Crippen LogP contribution in [0.4, 0.5) is 0 Å². The van der Waals surface area contributed by atoms with E-state index in [0.29, 0.717) is 13.0 Å². The second-order valence-electron chi connectivity index (χ2n) is 6.23. The molecule has 2 amide bonds. The number of rotatable bonds is 3. The molecule has 1 atom stereocenters. The number of likely N-dealkylation sites (tertiary alicyclic amines) is 2. The largest absolute Gasteiger partial charge is 0.361 e. The van der Waals surface area contributed by atoms with Gasteiger partial charge in [0.1, 0.15) is 11.5 Å². The smallest absolute Gasteiger partial charge is 0.242 e. The maximum atomic E-state index is 12.7. The van der Waals surface area contributed by atoms with Crippen molar-refractivity contribution in [2.45, 2.75) is 51.5 Å². The zero-order chi connectivity index (χ0) is 15.5. The summed E-state index contributed by atoms with van der Waals surface area (Å²) in [5.74, 6) is 0.894. The molecule has 120 valence electrons. The summed E-state index contributed by atoms with van der Waals surface area (Å²) in [6, 6.07) is 1.89. The van der Waals surface area contributed by atoms with Crippen molar-refractivity contribution in [3.63, 3.8) is 0 Å². The fourth-order valence-corrected chi connectivity index (χ4v) is 3.36. The molecule has 0 aliphatic carbocycles. The van der Waals surface area contributed by atoms with Crippen LogP contribution in [0.2, 0.25) is 0 Å². The molecule has 0 aromatic carbocycles. The Kier molecular flexibility index (Phi) is 4.45. The first-order chi connectivity index (χ1) is 10.6. The van der Waals surface area contributed by atoms with Gasteiger partial charge in [-0.2, -0.15) is 0 Å². The van der Waals surface area contributed by atoms with E-state index in [1.165, 1.54) is 0 Å². The van der Waals surface area contributed by atoms with E-state index in [1.807, 2.05) is 17.9 Å². The summed E-state index contributed by atoms with van der Waals surface area (Å²) in [7, 11) is 0. The molecule has 3 rings (SSSR count). The van der Waals surface area contributed by atoms with Crippen LogP contribution in [0.1, 0.15) is 56.0 Å². The second kappa shape index (κ2) is 6.50. The fourth-order valence-electron chi connectivity index (χ4n) is 3.36. The Bertz CT molecular complexity index is 555. The normalized spacial score (nSPS) is 23.0. The lowest BCUT2D eigenvalue weighted by molar-refractivity contribution is -0.144. The number of hydrogen-bond acceptors (Lipinski definition) is 4. The molecule has 0 radical (unpaired) electrons. The van der Waals surface area contributed by atoms with Crippen LogP contribution >= 0.6 is 0 Å². The van der Waals surface area contributed by atoms with Gasteiger partial charge < -0.3 is 14.3 Å². The molecule has 2 aliphatic heterocycles. The van der Waals surface area contributed by atoms with E-state index in [0.717, 1.165) is 50.1 Å². The Balaban J connectivity index is 1.70. The van der Waals surface area contributed by atoms with E-state index < -0.39 is 0 Å². The molecule has 2 saturated heterocycles. The average Bonchev–Trinajstić information content (AvgIpc) is 2.96. The highest BCUT2D eigenvalue weighted by Crippen LogP contribution is 2.30. The zero-order valence-electron chi connectivity index (χ0n) is 13.1. The molecule has 0 N–H and O–H groups in total. The number of aromatic nitrogens is 1. The van der Waals surface area contributed by atoms with E-state index >= 15 is 0 Å². The Morgan fingerprint density at radius 2 is 2.14 bits per heavy atom. The first kappa shape index (κ1) is 15.1. The van der Waals surface area contributed by atoms with Gasteiger partial charge in [-0.05, 0) is 39.0 Å².